The molecule has 0 bridgehead atoms. The minimum Gasteiger partial charge on any atom is -0.338 e. The minimum atomic E-state index is 0.0330. The lowest BCUT2D eigenvalue weighted by atomic mass is 10.0. The van der Waals surface area contributed by atoms with Crippen molar-refractivity contribution in [2.24, 2.45) is 0 Å². The number of aromatic nitrogens is 3. The number of carbonyl (C=O) groups is 1. The van der Waals surface area contributed by atoms with Crippen molar-refractivity contribution < 1.29 is 4.79 Å². The number of hydrogen-bond donors (Lipinski definition) is 1. The molecule has 1 aliphatic heterocycles. The number of nitrogens with zero attached hydrogens (tertiary/aromatic N) is 4. The zero-order valence-corrected chi connectivity index (χ0v) is 15.4. The molecular formula is C21H23N5O. The highest BCUT2D eigenvalue weighted by atomic mass is 16.2. The van der Waals surface area contributed by atoms with E-state index < -0.39 is 0 Å². The first-order chi connectivity index (χ1) is 13.3. The Bertz CT molecular complexity index is 899. The standard InChI is InChI=1S/C21H23N5O/c1-22-17-9-12-25(13-10-17)21(27)19-15-26(18-7-3-2-4-8-18)24-20(19)16-6-5-11-23-14-16/h2-8,11,14-15,17,22H,9-10,12-13H2,1H3. The van der Waals surface area contributed by atoms with Crippen molar-refractivity contribution >= 4 is 5.91 Å². The highest BCUT2D eigenvalue weighted by Crippen LogP contribution is 2.25. The van der Waals surface area contributed by atoms with Crippen LogP contribution in [0, 0.1) is 0 Å². The van der Waals surface area contributed by atoms with Crippen LogP contribution in [0.25, 0.3) is 16.9 Å². The van der Waals surface area contributed by atoms with Gasteiger partial charge in [0.25, 0.3) is 5.91 Å². The van der Waals surface area contributed by atoms with E-state index in [0.717, 1.165) is 37.2 Å². The van der Waals surface area contributed by atoms with Gasteiger partial charge in [-0.05, 0) is 44.2 Å². The third-order valence-electron chi connectivity index (χ3n) is 5.09. The molecule has 0 saturated carbocycles. The van der Waals surface area contributed by atoms with Gasteiger partial charge < -0.3 is 10.2 Å². The molecule has 4 rings (SSSR count). The fourth-order valence-electron chi connectivity index (χ4n) is 3.50. The number of amides is 1. The van der Waals surface area contributed by atoms with Gasteiger partial charge in [0.05, 0.1) is 11.3 Å². The van der Waals surface area contributed by atoms with Gasteiger partial charge in [0.1, 0.15) is 5.69 Å². The van der Waals surface area contributed by atoms with Gasteiger partial charge in [-0.1, -0.05) is 18.2 Å². The third kappa shape index (κ3) is 3.61. The van der Waals surface area contributed by atoms with Crippen LogP contribution in [0.1, 0.15) is 23.2 Å². The number of nitrogens with one attached hydrogen (secondary N) is 1. The van der Waals surface area contributed by atoms with Crippen LogP contribution in [0.4, 0.5) is 0 Å². The second kappa shape index (κ2) is 7.72. The maximum absolute atomic E-state index is 13.3. The largest absolute Gasteiger partial charge is 0.338 e. The number of rotatable bonds is 4. The molecule has 0 unspecified atom stereocenters. The van der Waals surface area contributed by atoms with Crippen molar-refractivity contribution in [1.29, 1.82) is 0 Å². The van der Waals surface area contributed by atoms with E-state index in [9.17, 15) is 4.79 Å². The van der Waals surface area contributed by atoms with E-state index in [-0.39, 0.29) is 5.91 Å². The summed E-state index contributed by atoms with van der Waals surface area (Å²) in [6.45, 7) is 1.51. The van der Waals surface area contributed by atoms with Crippen LogP contribution in [-0.4, -0.2) is 51.8 Å². The van der Waals surface area contributed by atoms with Crippen molar-refractivity contribution in [2.75, 3.05) is 20.1 Å². The average Bonchev–Trinajstić information content (AvgIpc) is 3.20. The van der Waals surface area contributed by atoms with Crippen molar-refractivity contribution in [3.8, 4) is 16.9 Å². The van der Waals surface area contributed by atoms with E-state index >= 15 is 0 Å². The van der Waals surface area contributed by atoms with Crippen LogP contribution in [0.15, 0.2) is 61.1 Å². The van der Waals surface area contributed by atoms with E-state index in [1.54, 1.807) is 17.1 Å². The quantitative estimate of drug-likeness (QED) is 0.776. The molecule has 138 valence electrons. The Hall–Kier alpha value is -2.99. The number of carbonyl (C=O) groups excluding carboxylic acids is 1. The van der Waals surface area contributed by atoms with E-state index in [4.69, 9.17) is 5.10 Å². The molecule has 1 saturated heterocycles. The fraction of sp³-hybridized carbons (Fsp3) is 0.286. The van der Waals surface area contributed by atoms with Crippen LogP contribution in [0.3, 0.4) is 0 Å². The lowest BCUT2D eigenvalue weighted by Crippen LogP contribution is -2.44. The van der Waals surface area contributed by atoms with Gasteiger partial charge in [-0.15, -0.1) is 0 Å². The van der Waals surface area contributed by atoms with E-state index in [1.807, 2.05) is 60.6 Å². The molecule has 0 aliphatic carbocycles. The van der Waals surface area contributed by atoms with E-state index in [2.05, 4.69) is 10.3 Å². The number of hydrogen-bond acceptors (Lipinski definition) is 4. The Labute approximate surface area is 158 Å². The van der Waals surface area contributed by atoms with Crippen LogP contribution in [0.2, 0.25) is 0 Å². The fourth-order valence-corrected chi connectivity index (χ4v) is 3.50. The van der Waals surface area contributed by atoms with E-state index in [0.29, 0.717) is 17.3 Å². The number of benzene rings is 1. The molecule has 6 heteroatoms. The van der Waals surface area contributed by atoms with Gasteiger partial charge >= 0.3 is 0 Å². The van der Waals surface area contributed by atoms with Crippen molar-refractivity contribution in [3.05, 3.63) is 66.6 Å². The third-order valence-corrected chi connectivity index (χ3v) is 5.09. The summed E-state index contributed by atoms with van der Waals surface area (Å²) in [6.07, 6.45) is 7.25. The highest BCUT2D eigenvalue weighted by Gasteiger charge is 2.27. The summed E-state index contributed by atoms with van der Waals surface area (Å²) in [7, 11) is 1.98. The molecule has 1 N–H and O–H groups in total. The van der Waals surface area contributed by atoms with E-state index in [1.165, 1.54) is 0 Å². The monoisotopic (exact) mass is 361 g/mol. The summed E-state index contributed by atoms with van der Waals surface area (Å²) in [5.41, 5.74) is 3.07. The van der Waals surface area contributed by atoms with Gasteiger partial charge in [-0.2, -0.15) is 5.10 Å². The Morgan fingerprint density at radius 2 is 1.89 bits per heavy atom. The number of pyridine rings is 1. The average molecular weight is 361 g/mol. The SMILES string of the molecule is CNC1CCN(C(=O)c2cn(-c3ccccc3)nc2-c2cccnc2)CC1. The summed E-state index contributed by atoms with van der Waals surface area (Å²) in [5.74, 6) is 0.0330. The number of likely N-dealkylation sites (tertiary alicyclic amines) is 1. The number of piperidine rings is 1. The second-order valence-corrected chi connectivity index (χ2v) is 6.77. The van der Waals surface area contributed by atoms with Gasteiger partial charge in [0, 0.05) is 43.3 Å². The van der Waals surface area contributed by atoms with Gasteiger partial charge in [-0.3, -0.25) is 9.78 Å². The summed E-state index contributed by atoms with van der Waals surface area (Å²) in [5, 5.41) is 8.02. The van der Waals surface area contributed by atoms with Crippen LogP contribution < -0.4 is 5.32 Å². The lowest BCUT2D eigenvalue weighted by molar-refractivity contribution is 0.0708. The molecule has 27 heavy (non-hydrogen) atoms. The van der Waals surface area contributed by atoms with Gasteiger partial charge in [0.2, 0.25) is 0 Å². The Morgan fingerprint density at radius 1 is 1.11 bits per heavy atom. The molecule has 6 nitrogen and oxygen atoms in total. The predicted octanol–water partition coefficient (Wildman–Crippen LogP) is 2.76. The Balaban J connectivity index is 1.70. The highest BCUT2D eigenvalue weighted by molar-refractivity contribution is 6.00. The normalized spacial score (nSPS) is 15.1. The Morgan fingerprint density at radius 3 is 2.56 bits per heavy atom. The minimum absolute atomic E-state index is 0.0330. The van der Waals surface area contributed by atoms with Crippen molar-refractivity contribution in [3.63, 3.8) is 0 Å². The van der Waals surface area contributed by atoms with Crippen molar-refractivity contribution in [1.82, 2.24) is 25.0 Å². The van der Waals surface area contributed by atoms with Gasteiger partial charge in [-0.25, -0.2) is 4.68 Å². The molecule has 0 radical (unpaired) electrons. The summed E-state index contributed by atoms with van der Waals surface area (Å²) < 4.78 is 1.77. The molecule has 1 fully saturated rings. The summed E-state index contributed by atoms with van der Waals surface area (Å²) in [4.78, 5) is 19.4. The maximum atomic E-state index is 13.3. The molecule has 1 amide bonds. The lowest BCUT2D eigenvalue weighted by Gasteiger charge is -2.31. The molecule has 0 atom stereocenters. The maximum Gasteiger partial charge on any atom is 0.257 e. The molecular weight excluding hydrogens is 338 g/mol. The summed E-state index contributed by atoms with van der Waals surface area (Å²) >= 11 is 0. The first-order valence-electron chi connectivity index (χ1n) is 9.28. The summed E-state index contributed by atoms with van der Waals surface area (Å²) in [6, 6.07) is 14.1. The van der Waals surface area contributed by atoms with Crippen molar-refractivity contribution in [2.45, 2.75) is 18.9 Å². The van der Waals surface area contributed by atoms with Gasteiger partial charge in [0.15, 0.2) is 0 Å². The van der Waals surface area contributed by atoms with Crippen LogP contribution in [-0.2, 0) is 0 Å². The number of para-hydroxylation sites is 1. The second-order valence-electron chi connectivity index (χ2n) is 6.77. The zero-order valence-electron chi connectivity index (χ0n) is 15.4. The molecule has 2 aromatic heterocycles. The Kier molecular flexibility index (Phi) is 4.98. The predicted molar refractivity (Wildman–Crippen MR) is 105 cm³/mol. The molecule has 1 aromatic carbocycles. The first kappa shape index (κ1) is 17.4. The molecule has 3 heterocycles. The van der Waals surface area contributed by atoms with Crippen LogP contribution >= 0.6 is 0 Å². The smallest absolute Gasteiger partial charge is 0.257 e. The molecule has 3 aromatic rings. The van der Waals surface area contributed by atoms with Crippen LogP contribution in [0.5, 0.6) is 0 Å². The molecule has 0 spiro atoms. The topological polar surface area (TPSA) is 63.1 Å². The molecule has 1 aliphatic rings. The first-order valence-corrected chi connectivity index (χ1v) is 9.28. The zero-order chi connectivity index (χ0) is 18.6.